The van der Waals surface area contributed by atoms with Gasteiger partial charge in [0.25, 0.3) is 0 Å². The minimum atomic E-state index is -0.747. The zero-order valence-electron chi connectivity index (χ0n) is 12.0. The van der Waals surface area contributed by atoms with Gasteiger partial charge in [-0.2, -0.15) is 0 Å². The molecule has 102 valence electrons. The number of hydrogen-bond acceptors (Lipinski definition) is 5. The summed E-state index contributed by atoms with van der Waals surface area (Å²) in [5, 5.41) is 13.1. The van der Waals surface area contributed by atoms with Crippen LogP contribution in [0, 0.1) is 0 Å². The van der Waals surface area contributed by atoms with Gasteiger partial charge < -0.3 is 15.3 Å². The summed E-state index contributed by atoms with van der Waals surface area (Å²) in [4.78, 5) is 10.6. The molecule has 0 fully saturated rings. The van der Waals surface area contributed by atoms with Gasteiger partial charge in [0.1, 0.15) is 18.0 Å². The van der Waals surface area contributed by atoms with Crippen LogP contribution in [0.15, 0.2) is 6.33 Å². The zero-order valence-corrected chi connectivity index (χ0v) is 12.0. The van der Waals surface area contributed by atoms with E-state index in [1.54, 1.807) is 20.2 Å². The Morgan fingerprint density at radius 2 is 2.00 bits per heavy atom. The minimum absolute atomic E-state index is 0.530. The number of aliphatic hydroxyl groups is 1. The maximum Gasteiger partial charge on any atom is 0.137 e. The Bertz CT molecular complexity index is 387. The number of nitrogens with one attached hydrogen (secondary N) is 1. The molecule has 1 aromatic heterocycles. The fourth-order valence-corrected chi connectivity index (χ4v) is 2.03. The van der Waals surface area contributed by atoms with Crippen LogP contribution in [0.25, 0.3) is 0 Å². The third kappa shape index (κ3) is 3.84. The Balaban J connectivity index is 3.04. The molecular formula is C13H24N4O. The van der Waals surface area contributed by atoms with Gasteiger partial charge in [0, 0.05) is 25.7 Å². The molecule has 2 N–H and O–H groups in total. The van der Waals surface area contributed by atoms with Crippen LogP contribution in [0.3, 0.4) is 0 Å². The Labute approximate surface area is 109 Å². The summed E-state index contributed by atoms with van der Waals surface area (Å²) in [5.41, 5.74) is 0.342. The van der Waals surface area contributed by atoms with Crippen molar-refractivity contribution in [1.82, 2.24) is 9.97 Å². The Hall–Kier alpha value is -1.36. The van der Waals surface area contributed by atoms with Gasteiger partial charge in [-0.3, -0.25) is 0 Å². The lowest BCUT2D eigenvalue weighted by atomic mass is 10.1. The van der Waals surface area contributed by atoms with E-state index in [-0.39, 0.29) is 0 Å². The van der Waals surface area contributed by atoms with E-state index in [4.69, 9.17) is 0 Å². The van der Waals surface area contributed by atoms with Crippen molar-refractivity contribution in [1.29, 1.82) is 0 Å². The summed E-state index contributed by atoms with van der Waals surface area (Å²) in [7, 11) is 1.94. The molecule has 0 radical (unpaired) electrons. The fourth-order valence-electron chi connectivity index (χ4n) is 2.03. The summed E-state index contributed by atoms with van der Waals surface area (Å²) < 4.78 is 0. The maximum atomic E-state index is 9.88. The second-order valence-corrected chi connectivity index (χ2v) is 5.08. The quantitative estimate of drug-likeness (QED) is 0.806. The summed E-state index contributed by atoms with van der Waals surface area (Å²) in [6, 6.07) is 0. The molecule has 0 spiro atoms. The molecule has 0 aliphatic rings. The van der Waals surface area contributed by atoms with E-state index < -0.39 is 5.60 Å². The highest BCUT2D eigenvalue weighted by molar-refractivity contribution is 5.58. The second kappa shape index (κ2) is 6.00. The molecule has 5 heteroatoms. The minimum Gasteiger partial charge on any atom is -0.389 e. The standard InChI is InChI=1S/C13H24N4O/c1-6-10-11(14-7-2)15-9-16-12(10)17(5)8-13(3,4)18/h9,18H,6-8H2,1-5H3,(H,14,15,16). The van der Waals surface area contributed by atoms with Crippen LogP contribution in [0.2, 0.25) is 0 Å². The molecule has 5 nitrogen and oxygen atoms in total. The molecule has 0 aliphatic heterocycles. The van der Waals surface area contributed by atoms with Gasteiger partial charge in [0.15, 0.2) is 0 Å². The second-order valence-electron chi connectivity index (χ2n) is 5.08. The van der Waals surface area contributed by atoms with Crippen molar-refractivity contribution < 1.29 is 5.11 Å². The lowest BCUT2D eigenvalue weighted by Gasteiger charge is -2.28. The molecule has 0 aliphatic carbocycles. The highest BCUT2D eigenvalue weighted by Gasteiger charge is 2.19. The Morgan fingerprint density at radius 1 is 1.33 bits per heavy atom. The van der Waals surface area contributed by atoms with Crippen molar-refractivity contribution in [3.05, 3.63) is 11.9 Å². The molecule has 0 saturated carbocycles. The lowest BCUT2D eigenvalue weighted by Crippen LogP contribution is -2.37. The third-order valence-corrected chi connectivity index (χ3v) is 2.61. The molecule has 18 heavy (non-hydrogen) atoms. The number of aromatic nitrogens is 2. The Kier molecular flexibility index (Phi) is 4.90. The number of anilines is 2. The fraction of sp³-hybridized carbons (Fsp3) is 0.692. The van der Waals surface area contributed by atoms with Gasteiger partial charge in [-0.05, 0) is 27.2 Å². The zero-order chi connectivity index (χ0) is 13.8. The van der Waals surface area contributed by atoms with Crippen LogP contribution in [0.5, 0.6) is 0 Å². The van der Waals surface area contributed by atoms with Crippen LogP contribution in [0.1, 0.15) is 33.3 Å². The average molecular weight is 252 g/mol. The molecule has 0 aromatic carbocycles. The molecule has 0 saturated heterocycles. The van der Waals surface area contributed by atoms with Gasteiger partial charge in [-0.15, -0.1) is 0 Å². The lowest BCUT2D eigenvalue weighted by molar-refractivity contribution is 0.0884. The molecule has 0 atom stereocenters. The molecule has 1 heterocycles. The highest BCUT2D eigenvalue weighted by atomic mass is 16.3. The number of likely N-dealkylation sites (N-methyl/N-ethyl adjacent to an activating group) is 1. The van der Waals surface area contributed by atoms with Crippen molar-refractivity contribution in [2.75, 3.05) is 30.4 Å². The van der Waals surface area contributed by atoms with Crippen molar-refractivity contribution in [2.24, 2.45) is 0 Å². The van der Waals surface area contributed by atoms with E-state index in [1.807, 2.05) is 18.9 Å². The summed E-state index contributed by atoms with van der Waals surface area (Å²) in [6.45, 7) is 9.08. The smallest absolute Gasteiger partial charge is 0.137 e. The van der Waals surface area contributed by atoms with Gasteiger partial charge in [-0.1, -0.05) is 6.92 Å². The SMILES string of the molecule is CCNc1ncnc(N(C)CC(C)(C)O)c1CC. The average Bonchev–Trinajstić information content (AvgIpc) is 2.27. The van der Waals surface area contributed by atoms with Crippen LogP contribution >= 0.6 is 0 Å². The van der Waals surface area contributed by atoms with E-state index in [0.717, 1.165) is 30.2 Å². The summed E-state index contributed by atoms with van der Waals surface area (Å²) in [5.74, 6) is 1.76. The van der Waals surface area contributed by atoms with Crippen molar-refractivity contribution in [2.45, 2.75) is 39.7 Å². The van der Waals surface area contributed by atoms with Crippen molar-refractivity contribution >= 4 is 11.6 Å². The molecule has 0 bridgehead atoms. The van der Waals surface area contributed by atoms with Crippen LogP contribution < -0.4 is 10.2 Å². The molecule has 1 aromatic rings. The monoisotopic (exact) mass is 252 g/mol. The van der Waals surface area contributed by atoms with Crippen LogP contribution in [-0.4, -0.2) is 40.8 Å². The first kappa shape index (κ1) is 14.7. The van der Waals surface area contributed by atoms with Gasteiger partial charge in [0.05, 0.1) is 5.60 Å². The molecule has 0 amide bonds. The summed E-state index contributed by atoms with van der Waals surface area (Å²) >= 11 is 0. The molecule has 1 rings (SSSR count). The van der Waals surface area contributed by atoms with Crippen LogP contribution in [0.4, 0.5) is 11.6 Å². The maximum absolute atomic E-state index is 9.88. The summed E-state index contributed by atoms with van der Waals surface area (Å²) in [6.07, 6.45) is 2.42. The van der Waals surface area contributed by atoms with E-state index in [9.17, 15) is 5.11 Å². The van der Waals surface area contributed by atoms with E-state index in [0.29, 0.717) is 6.54 Å². The first-order valence-corrected chi connectivity index (χ1v) is 6.40. The Morgan fingerprint density at radius 3 is 2.50 bits per heavy atom. The molecule has 0 unspecified atom stereocenters. The number of nitrogens with zero attached hydrogens (tertiary/aromatic N) is 3. The first-order valence-electron chi connectivity index (χ1n) is 6.40. The highest BCUT2D eigenvalue weighted by Crippen LogP contribution is 2.24. The molecular weight excluding hydrogens is 228 g/mol. The number of rotatable bonds is 6. The third-order valence-electron chi connectivity index (χ3n) is 2.61. The largest absolute Gasteiger partial charge is 0.389 e. The number of hydrogen-bond donors (Lipinski definition) is 2. The first-order chi connectivity index (χ1) is 8.39. The van der Waals surface area contributed by atoms with Gasteiger partial charge >= 0.3 is 0 Å². The predicted octanol–water partition coefficient (Wildman–Crippen LogP) is 1.68. The van der Waals surface area contributed by atoms with Crippen molar-refractivity contribution in [3.8, 4) is 0 Å². The van der Waals surface area contributed by atoms with E-state index in [2.05, 4.69) is 22.2 Å². The van der Waals surface area contributed by atoms with Gasteiger partial charge in [-0.25, -0.2) is 9.97 Å². The topological polar surface area (TPSA) is 61.3 Å². The van der Waals surface area contributed by atoms with Crippen LogP contribution in [-0.2, 0) is 6.42 Å². The van der Waals surface area contributed by atoms with Crippen molar-refractivity contribution in [3.63, 3.8) is 0 Å². The predicted molar refractivity (Wildman–Crippen MR) is 75.1 cm³/mol. The van der Waals surface area contributed by atoms with Gasteiger partial charge in [0.2, 0.25) is 0 Å². The normalized spacial score (nSPS) is 11.4. The van der Waals surface area contributed by atoms with E-state index >= 15 is 0 Å². The van der Waals surface area contributed by atoms with E-state index in [1.165, 1.54) is 0 Å².